The second-order valence-electron chi connectivity index (χ2n) is 7.93. The zero-order valence-corrected chi connectivity index (χ0v) is 18.8. The molecule has 0 bridgehead atoms. The van der Waals surface area contributed by atoms with Crippen LogP contribution in [0.3, 0.4) is 0 Å². The van der Waals surface area contributed by atoms with E-state index in [4.69, 9.17) is 9.73 Å². The largest absolute Gasteiger partial charge is 0.508 e. The molecular weight excluding hydrogens is 446 g/mol. The summed E-state index contributed by atoms with van der Waals surface area (Å²) in [5.74, 6) is 1.15. The summed E-state index contributed by atoms with van der Waals surface area (Å²) in [5, 5.41) is 14.3. The Morgan fingerprint density at radius 2 is 2.03 bits per heavy atom. The maximum absolute atomic E-state index is 11.8. The van der Waals surface area contributed by atoms with Crippen LogP contribution in [0.5, 0.6) is 11.5 Å². The zero-order chi connectivity index (χ0) is 21.3. The molecule has 2 N–H and O–H groups in total. The van der Waals surface area contributed by atoms with Crippen molar-refractivity contribution in [2.75, 3.05) is 20.2 Å². The number of hydrogen-bond donors (Lipinski definition) is 2. The third kappa shape index (κ3) is 4.23. The van der Waals surface area contributed by atoms with E-state index >= 15 is 0 Å². The minimum Gasteiger partial charge on any atom is -0.508 e. The average molecular weight is 472 g/mol. The van der Waals surface area contributed by atoms with Crippen molar-refractivity contribution in [1.82, 2.24) is 10.2 Å². The van der Waals surface area contributed by atoms with Crippen molar-refractivity contribution in [3.8, 4) is 11.5 Å². The van der Waals surface area contributed by atoms with Crippen LogP contribution < -0.4 is 10.1 Å². The zero-order valence-electron chi connectivity index (χ0n) is 17.2. The first-order valence-electron chi connectivity index (χ1n) is 10.1. The van der Waals surface area contributed by atoms with E-state index in [0.717, 1.165) is 39.9 Å². The summed E-state index contributed by atoms with van der Waals surface area (Å²) < 4.78 is 6.33. The Hall–Kier alpha value is -2.38. The van der Waals surface area contributed by atoms with Crippen LogP contribution in [0.2, 0.25) is 0 Å². The van der Waals surface area contributed by atoms with Crippen LogP contribution in [0.1, 0.15) is 43.4 Å². The SMILES string of the molecule is COc1cccc(C2=NC3(CCN(C(C)=O)CC3)N[C@@H](c3cc(Br)ccc3O)C2)c1. The maximum Gasteiger partial charge on any atom is 0.219 e. The lowest BCUT2D eigenvalue weighted by molar-refractivity contribution is -0.130. The molecule has 30 heavy (non-hydrogen) atoms. The molecule has 0 saturated carbocycles. The van der Waals surface area contributed by atoms with Crippen molar-refractivity contribution in [3.63, 3.8) is 0 Å². The van der Waals surface area contributed by atoms with Crippen molar-refractivity contribution in [2.45, 2.75) is 37.9 Å². The third-order valence-corrected chi connectivity index (χ3v) is 6.49. The molecule has 2 aliphatic rings. The number of rotatable bonds is 3. The number of methoxy groups -OCH3 is 1. The highest BCUT2D eigenvalue weighted by molar-refractivity contribution is 9.10. The van der Waals surface area contributed by atoms with Gasteiger partial charge in [-0.1, -0.05) is 28.1 Å². The number of phenolic OH excluding ortho intramolecular Hbond substituents is 1. The van der Waals surface area contributed by atoms with Gasteiger partial charge in [-0.15, -0.1) is 0 Å². The molecular formula is C23H26BrN3O3. The fraction of sp³-hybridized carbons (Fsp3) is 0.391. The molecule has 2 aromatic carbocycles. The van der Waals surface area contributed by atoms with Crippen molar-refractivity contribution >= 4 is 27.5 Å². The first-order valence-corrected chi connectivity index (χ1v) is 10.9. The second kappa shape index (κ2) is 8.40. The summed E-state index contributed by atoms with van der Waals surface area (Å²) in [6.07, 6.45) is 2.10. The summed E-state index contributed by atoms with van der Waals surface area (Å²) in [4.78, 5) is 18.8. The van der Waals surface area contributed by atoms with Crippen molar-refractivity contribution < 1.29 is 14.6 Å². The molecule has 0 radical (unpaired) electrons. The highest BCUT2D eigenvalue weighted by Crippen LogP contribution is 2.38. The van der Waals surface area contributed by atoms with Gasteiger partial charge in [0.25, 0.3) is 0 Å². The lowest BCUT2D eigenvalue weighted by atomic mass is 9.87. The molecule has 0 aromatic heterocycles. The van der Waals surface area contributed by atoms with Crippen LogP contribution in [0.4, 0.5) is 0 Å². The molecule has 1 atom stereocenters. The third-order valence-electron chi connectivity index (χ3n) is 5.99. The number of halogens is 1. The Morgan fingerprint density at radius 1 is 1.27 bits per heavy atom. The number of carbonyl (C=O) groups excluding carboxylic acids is 1. The van der Waals surface area contributed by atoms with Gasteiger partial charge >= 0.3 is 0 Å². The van der Waals surface area contributed by atoms with Gasteiger partial charge in [0, 0.05) is 61.1 Å². The maximum atomic E-state index is 11.8. The minimum absolute atomic E-state index is 0.0925. The highest BCUT2D eigenvalue weighted by atomic mass is 79.9. The Kier molecular flexibility index (Phi) is 5.84. The number of ether oxygens (including phenoxy) is 1. The molecule has 2 aromatic rings. The topological polar surface area (TPSA) is 74.2 Å². The van der Waals surface area contributed by atoms with E-state index in [9.17, 15) is 9.90 Å². The number of hydrogen-bond acceptors (Lipinski definition) is 5. The number of carbonyl (C=O) groups is 1. The Labute approximate surface area is 185 Å². The molecule has 158 valence electrons. The molecule has 6 nitrogen and oxygen atoms in total. The molecule has 1 amide bonds. The van der Waals surface area contributed by atoms with Crippen molar-refractivity contribution in [1.29, 1.82) is 0 Å². The van der Waals surface area contributed by atoms with Crippen LogP contribution in [0.15, 0.2) is 51.9 Å². The molecule has 1 saturated heterocycles. The first kappa shape index (κ1) is 20.9. The van der Waals surface area contributed by atoms with Gasteiger partial charge in [0.05, 0.1) is 7.11 Å². The molecule has 1 spiro atoms. The Balaban J connectivity index is 1.73. The summed E-state index contributed by atoms with van der Waals surface area (Å²) in [7, 11) is 1.66. The monoisotopic (exact) mass is 471 g/mol. The van der Waals surface area contributed by atoms with Gasteiger partial charge in [-0.2, -0.15) is 0 Å². The number of phenols is 1. The Morgan fingerprint density at radius 3 is 2.73 bits per heavy atom. The predicted octanol–water partition coefficient (Wildman–Crippen LogP) is 4.03. The van der Waals surface area contributed by atoms with Crippen LogP contribution in [0, 0.1) is 0 Å². The number of nitrogens with zero attached hydrogens (tertiary/aromatic N) is 2. The van der Waals surface area contributed by atoms with Crippen LogP contribution in [0.25, 0.3) is 0 Å². The summed E-state index contributed by atoms with van der Waals surface area (Å²) in [6, 6.07) is 13.3. The fourth-order valence-electron chi connectivity index (χ4n) is 4.33. The molecule has 2 aliphatic heterocycles. The van der Waals surface area contributed by atoms with Crippen molar-refractivity contribution in [3.05, 3.63) is 58.1 Å². The number of likely N-dealkylation sites (tertiary alicyclic amines) is 1. The number of piperidine rings is 1. The molecule has 2 heterocycles. The predicted molar refractivity (Wildman–Crippen MR) is 120 cm³/mol. The van der Waals surface area contributed by atoms with Crippen LogP contribution in [-0.4, -0.2) is 47.5 Å². The second-order valence-corrected chi connectivity index (χ2v) is 8.85. The lowest BCUT2D eigenvalue weighted by Crippen LogP contribution is -2.56. The van der Waals surface area contributed by atoms with Gasteiger partial charge in [0.2, 0.25) is 5.91 Å². The minimum atomic E-state index is -0.470. The van der Waals surface area contributed by atoms with Gasteiger partial charge in [-0.3, -0.25) is 15.1 Å². The van der Waals surface area contributed by atoms with E-state index in [-0.39, 0.29) is 17.7 Å². The van der Waals surface area contributed by atoms with E-state index in [1.807, 2.05) is 41.3 Å². The average Bonchev–Trinajstić information content (AvgIpc) is 2.75. The Bertz CT molecular complexity index is 983. The van der Waals surface area contributed by atoms with Crippen LogP contribution in [-0.2, 0) is 4.79 Å². The van der Waals surface area contributed by atoms with Gasteiger partial charge in [-0.25, -0.2) is 0 Å². The molecule has 1 fully saturated rings. The van der Waals surface area contributed by atoms with E-state index in [0.29, 0.717) is 19.5 Å². The van der Waals surface area contributed by atoms with Gasteiger partial charge < -0.3 is 14.7 Å². The van der Waals surface area contributed by atoms with E-state index in [2.05, 4.69) is 21.2 Å². The molecule has 0 aliphatic carbocycles. The summed E-state index contributed by atoms with van der Waals surface area (Å²) in [6.45, 7) is 2.93. The number of aliphatic imine (C=N–C) groups is 1. The van der Waals surface area contributed by atoms with E-state index < -0.39 is 5.66 Å². The van der Waals surface area contributed by atoms with Gasteiger partial charge in [0.15, 0.2) is 0 Å². The number of amides is 1. The van der Waals surface area contributed by atoms with Gasteiger partial charge in [0.1, 0.15) is 17.2 Å². The standard InChI is InChI=1S/C23H26BrN3O3/c1-15(28)27-10-8-23(9-11-27)25-20(16-4-3-5-18(12-16)30-2)14-21(26-23)19-13-17(24)6-7-22(19)29/h3-7,12-13,21,26,29H,8-11,14H2,1-2H3/t21-/m1/s1. The molecule has 0 unspecified atom stereocenters. The van der Waals surface area contributed by atoms with Gasteiger partial charge in [-0.05, 0) is 35.9 Å². The van der Waals surface area contributed by atoms with Crippen LogP contribution >= 0.6 is 15.9 Å². The molecule has 4 rings (SSSR count). The number of aromatic hydroxyl groups is 1. The number of nitrogens with one attached hydrogen (secondary N) is 1. The molecule has 7 heteroatoms. The van der Waals surface area contributed by atoms with E-state index in [1.165, 1.54) is 0 Å². The van der Waals surface area contributed by atoms with E-state index in [1.54, 1.807) is 20.1 Å². The summed E-state index contributed by atoms with van der Waals surface area (Å²) in [5.41, 5.74) is 2.37. The lowest BCUT2D eigenvalue weighted by Gasteiger charge is -2.45. The first-order chi connectivity index (χ1) is 14.4. The quantitative estimate of drug-likeness (QED) is 0.708. The smallest absolute Gasteiger partial charge is 0.219 e. The summed E-state index contributed by atoms with van der Waals surface area (Å²) >= 11 is 3.52. The van der Waals surface area contributed by atoms with Crippen molar-refractivity contribution in [2.24, 2.45) is 4.99 Å². The normalized spacial score (nSPS) is 20.7. The highest BCUT2D eigenvalue weighted by Gasteiger charge is 2.41. The number of benzene rings is 2. The fourth-order valence-corrected chi connectivity index (χ4v) is 4.71.